The molecule has 0 atom stereocenters. The largest absolute Gasteiger partial charge is 0.379 e. The van der Waals surface area contributed by atoms with Gasteiger partial charge in [0.2, 0.25) is 0 Å². The third-order valence-electron chi connectivity index (χ3n) is 1.96. The molecular formula is C9H19N5O2S. The molecule has 98 valence electrons. The molecule has 0 aliphatic heterocycles. The lowest BCUT2D eigenvalue weighted by Crippen LogP contribution is -2.30. The van der Waals surface area contributed by atoms with Crippen molar-refractivity contribution in [2.45, 2.75) is 19.3 Å². The number of hydrogen-bond donors (Lipinski definition) is 3. The number of rotatable bonds is 8. The molecule has 0 aromatic rings. The van der Waals surface area contributed by atoms with Crippen LogP contribution in [0, 0.1) is 15.5 Å². The zero-order valence-electron chi connectivity index (χ0n) is 9.94. The summed E-state index contributed by atoms with van der Waals surface area (Å²) in [4.78, 5) is 13.7. The van der Waals surface area contributed by atoms with E-state index in [0.29, 0.717) is 12.4 Å². The van der Waals surface area contributed by atoms with Crippen molar-refractivity contribution in [1.82, 2.24) is 5.32 Å². The van der Waals surface area contributed by atoms with Gasteiger partial charge in [0.1, 0.15) is 0 Å². The second kappa shape index (κ2) is 9.88. The number of nitrogens with zero attached hydrogens (tertiary/aromatic N) is 2. The fraction of sp³-hybridized carbons (Fsp3) is 0.778. The number of thioether (sulfide) groups is 1. The average Bonchev–Trinajstić information content (AvgIpc) is 2.25. The first-order valence-corrected chi connectivity index (χ1v) is 6.33. The normalized spacial score (nSPS) is 11.2. The third kappa shape index (κ3) is 11.0. The van der Waals surface area contributed by atoms with Gasteiger partial charge in [0, 0.05) is 24.3 Å². The Labute approximate surface area is 105 Å². The van der Waals surface area contributed by atoms with E-state index in [1.165, 1.54) is 18.8 Å². The van der Waals surface area contributed by atoms with E-state index < -0.39 is 4.92 Å². The summed E-state index contributed by atoms with van der Waals surface area (Å²) in [7, 11) is 1.54. The Morgan fingerprint density at radius 2 is 2.24 bits per heavy atom. The summed E-state index contributed by atoms with van der Waals surface area (Å²) in [5, 5.41) is 20.3. The number of aliphatic imine (C=N–C) groups is 1. The quantitative estimate of drug-likeness (QED) is 0.195. The number of nitro groups is 1. The molecule has 0 aliphatic rings. The topological polar surface area (TPSA) is 117 Å². The first-order valence-electron chi connectivity index (χ1n) is 5.34. The lowest BCUT2D eigenvalue weighted by atomic mass is 10.2. The number of unbranched alkanes of at least 4 members (excludes halogenated alkanes) is 2. The van der Waals surface area contributed by atoms with Crippen LogP contribution in [0.25, 0.3) is 0 Å². The molecule has 0 unspecified atom stereocenters. The fourth-order valence-corrected chi connectivity index (χ4v) is 1.71. The molecule has 0 amide bonds. The zero-order chi connectivity index (χ0) is 13.1. The lowest BCUT2D eigenvalue weighted by Gasteiger charge is -2.05. The van der Waals surface area contributed by atoms with Gasteiger partial charge in [-0.25, -0.2) is 0 Å². The van der Waals surface area contributed by atoms with Gasteiger partial charge in [-0.15, -0.1) is 0 Å². The van der Waals surface area contributed by atoms with Crippen molar-refractivity contribution < 1.29 is 4.92 Å². The molecule has 0 spiro atoms. The Hall–Kier alpha value is -1.31. The van der Waals surface area contributed by atoms with E-state index in [9.17, 15) is 10.1 Å². The van der Waals surface area contributed by atoms with Gasteiger partial charge < -0.3 is 11.1 Å². The van der Waals surface area contributed by atoms with Crippen LogP contribution in [-0.4, -0.2) is 41.8 Å². The third-order valence-corrected chi connectivity index (χ3v) is 2.76. The van der Waals surface area contributed by atoms with E-state index in [2.05, 4.69) is 10.3 Å². The number of nitrogens with one attached hydrogen (secondary N) is 2. The minimum atomic E-state index is -0.404. The average molecular weight is 261 g/mol. The first-order chi connectivity index (χ1) is 8.06. The van der Waals surface area contributed by atoms with Gasteiger partial charge in [-0.05, 0) is 12.8 Å². The van der Waals surface area contributed by atoms with Gasteiger partial charge in [-0.2, -0.15) is 0 Å². The second-order valence-corrected chi connectivity index (χ2v) is 4.50. The number of amidine groups is 2. The van der Waals surface area contributed by atoms with E-state index in [4.69, 9.17) is 11.1 Å². The lowest BCUT2D eigenvalue weighted by molar-refractivity contribution is -0.463. The molecule has 17 heavy (non-hydrogen) atoms. The molecule has 0 radical (unpaired) electrons. The zero-order valence-corrected chi connectivity index (χ0v) is 10.8. The molecule has 0 heterocycles. The van der Waals surface area contributed by atoms with Gasteiger partial charge in [-0.3, -0.25) is 20.5 Å². The highest BCUT2D eigenvalue weighted by molar-refractivity contribution is 8.13. The highest BCUT2D eigenvalue weighted by atomic mass is 32.2. The summed E-state index contributed by atoms with van der Waals surface area (Å²) in [6.45, 7) is 0.432. The Morgan fingerprint density at radius 3 is 2.76 bits per heavy atom. The molecule has 0 saturated heterocycles. The number of nitrogens with two attached hydrogens (primary N) is 1. The van der Waals surface area contributed by atoms with E-state index >= 15 is 0 Å². The van der Waals surface area contributed by atoms with Crippen LogP contribution in [0.3, 0.4) is 0 Å². The Kier molecular flexibility index (Phi) is 9.12. The van der Waals surface area contributed by atoms with Crippen LogP contribution >= 0.6 is 11.8 Å². The van der Waals surface area contributed by atoms with Crippen molar-refractivity contribution in [3.8, 4) is 0 Å². The van der Waals surface area contributed by atoms with Crippen LogP contribution < -0.4 is 11.1 Å². The first kappa shape index (κ1) is 15.7. The molecule has 0 fully saturated rings. The van der Waals surface area contributed by atoms with Crippen LogP contribution in [0.2, 0.25) is 0 Å². The van der Waals surface area contributed by atoms with E-state index in [1.54, 1.807) is 0 Å². The van der Waals surface area contributed by atoms with Crippen LogP contribution in [0.4, 0.5) is 0 Å². The summed E-state index contributed by atoms with van der Waals surface area (Å²) in [6.07, 6.45) is 2.91. The highest BCUT2D eigenvalue weighted by Gasteiger charge is 2.04. The molecule has 4 N–H and O–H groups in total. The van der Waals surface area contributed by atoms with Crippen molar-refractivity contribution in [2.75, 3.05) is 25.9 Å². The monoisotopic (exact) mass is 261 g/mol. The molecular weight excluding hydrogens is 242 g/mol. The summed E-state index contributed by atoms with van der Waals surface area (Å²) in [5.41, 5.74) is 5.19. The summed E-state index contributed by atoms with van der Waals surface area (Å²) in [5.74, 6) is 1.26. The minimum absolute atomic E-state index is 0.148. The van der Waals surface area contributed by atoms with E-state index in [-0.39, 0.29) is 11.7 Å². The minimum Gasteiger partial charge on any atom is -0.379 e. The van der Waals surface area contributed by atoms with Crippen molar-refractivity contribution in [3.63, 3.8) is 0 Å². The van der Waals surface area contributed by atoms with E-state index in [0.717, 1.165) is 25.0 Å². The molecule has 8 heteroatoms. The van der Waals surface area contributed by atoms with Crippen molar-refractivity contribution in [2.24, 2.45) is 10.7 Å². The Morgan fingerprint density at radius 1 is 1.53 bits per heavy atom. The second-order valence-electron chi connectivity index (χ2n) is 3.36. The van der Waals surface area contributed by atoms with E-state index in [1.807, 2.05) is 0 Å². The van der Waals surface area contributed by atoms with Gasteiger partial charge in [0.05, 0.1) is 0 Å². The summed E-state index contributed by atoms with van der Waals surface area (Å²) < 4.78 is 0. The standard InChI is InChI=1S/C9H19N5O2S/c1-12-8(7-14(15)16)13-5-3-2-4-6-17-9(10)11/h2-7H2,1H3,(H3,10,11)(H,12,13). The van der Waals surface area contributed by atoms with Crippen molar-refractivity contribution in [1.29, 1.82) is 5.41 Å². The van der Waals surface area contributed by atoms with Crippen LogP contribution in [0.15, 0.2) is 4.99 Å². The SMILES string of the molecule is CN=C(C[N+](=O)[O-])NCCCCCSC(=N)N. The summed E-state index contributed by atoms with van der Waals surface area (Å²) in [6, 6.07) is 0. The maximum atomic E-state index is 10.3. The van der Waals surface area contributed by atoms with Gasteiger partial charge in [-0.1, -0.05) is 18.2 Å². The highest BCUT2D eigenvalue weighted by Crippen LogP contribution is 2.04. The molecule has 0 aromatic carbocycles. The predicted molar refractivity (Wildman–Crippen MR) is 71.4 cm³/mol. The molecule has 0 rings (SSSR count). The molecule has 0 saturated carbocycles. The molecule has 0 aromatic heterocycles. The van der Waals surface area contributed by atoms with Gasteiger partial charge in [0.25, 0.3) is 6.54 Å². The Bertz CT molecular complexity index is 283. The van der Waals surface area contributed by atoms with Crippen LogP contribution in [0.1, 0.15) is 19.3 Å². The summed E-state index contributed by atoms with van der Waals surface area (Å²) >= 11 is 1.34. The van der Waals surface area contributed by atoms with Crippen molar-refractivity contribution >= 4 is 22.8 Å². The van der Waals surface area contributed by atoms with Crippen LogP contribution in [-0.2, 0) is 0 Å². The maximum Gasteiger partial charge on any atom is 0.259 e. The molecule has 7 nitrogen and oxygen atoms in total. The van der Waals surface area contributed by atoms with Gasteiger partial charge >= 0.3 is 0 Å². The van der Waals surface area contributed by atoms with Gasteiger partial charge in [0.15, 0.2) is 11.0 Å². The van der Waals surface area contributed by atoms with Crippen LogP contribution in [0.5, 0.6) is 0 Å². The fourth-order valence-electron chi connectivity index (χ4n) is 1.15. The Balaban J connectivity index is 3.44. The molecule has 0 bridgehead atoms. The maximum absolute atomic E-state index is 10.3. The van der Waals surface area contributed by atoms with Crippen molar-refractivity contribution in [3.05, 3.63) is 10.1 Å². The molecule has 0 aliphatic carbocycles. The number of hydrogen-bond acceptors (Lipinski definition) is 5. The predicted octanol–water partition coefficient (Wildman–Crippen LogP) is 0.678. The smallest absolute Gasteiger partial charge is 0.259 e.